The van der Waals surface area contributed by atoms with Gasteiger partial charge in [-0.15, -0.1) is 0 Å². The van der Waals surface area contributed by atoms with E-state index in [0.29, 0.717) is 5.56 Å². The average molecular weight is 319 g/mol. The molecule has 0 bridgehead atoms. The van der Waals surface area contributed by atoms with Gasteiger partial charge in [-0.3, -0.25) is 9.48 Å². The summed E-state index contributed by atoms with van der Waals surface area (Å²) in [6.07, 6.45) is 1.58. The highest BCUT2D eigenvalue weighted by Gasteiger charge is 2.12. The van der Waals surface area contributed by atoms with Gasteiger partial charge < -0.3 is 10.3 Å². The quantitative estimate of drug-likeness (QED) is 0.595. The molecule has 3 heterocycles. The molecule has 0 unspecified atom stereocenters. The van der Waals surface area contributed by atoms with Crippen molar-refractivity contribution in [3.8, 4) is 0 Å². The van der Waals surface area contributed by atoms with Gasteiger partial charge >= 0.3 is 0 Å². The molecule has 24 heavy (non-hydrogen) atoms. The van der Waals surface area contributed by atoms with Crippen molar-refractivity contribution in [1.82, 2.24) is 19.7 Å². The topological polar surface area (TPSA) is 75.6 Å². The second-order valence-corrected chi connectivity index (χ2v) is 6.01. The Morgan fingerprint density at radius 3 is 2.88 bits per heavy atom. The summed E-state index contributed by atoms with van der Waals surface area (Å²) >= 11 is 0. The number of nitrogens with zero attached hydrogens (tertiary/aromatic N) is 3. The molecule has 6 heteroatoms. The van der Waals surface area contributed by atoms with E-state index in [1.165, 1.54) is 0 Å². The molecule has 2 N–H and O–H groups in total. The van der Waals surface area contributed by atoms with Crippen LogP contribution < -0.4 is 5.32 Å². The Morgan fingerprint density at radius 1 is 1.21 bits per heavy atom. The molecule has 120 valence electrons. The van der Waals surface area contributed by atoms with Crippen molar-refractivity contribution < 1.29 is 4.79 Å². The summed E-state index contributed by atoms with van der Waals surface area (Å²) in [6, 6.07) is 9.69. The molecule has 0 spiro atoms. The summed E-state index contributed by atoms with van der Waals surface area (Å²) in [6.45, 7) is 3.92. The van der Waals surface area contributed by atoms with Crippen LogP contribution in [0, 0.1) is 13.8 Å². The van der Waals surface area contributed by atoms with E-state index in [-0.39, 0.29) is 5.91 Å². The molecule has 3 aromatic heterocycles. The maximum Gasteiger partial charge on any atom is 0.257 e. The molecule has 0 saturated heterocycles. The van der Waals surface area contributed by atoms with E-state index in [0.717, 1.165) is 39.0 Å². The number of aromatic amines is 1. The minimum absolute atomic E-state index is 0.181. The number of carbonyl (C=O) groups is 1. The first kappa shape index (κ1) is 14.4. The number of aryl methyl sites for hydroxylation is 3. The predicted octanol–water partition coefficient (Wildman–Crippen LogP) is 3.32. The number of hydrogen-bond acceptors (Lipinski definition) is 3. The highest BCUT2D eigenvalue weighted by atomic mass is 16.1. The third-order valence-electron chi connectivity index (χ3n) is 4.14. The minimum atomic E-state index is -0.181. The number of pyridine rings is 1. The first-order valence-corrected chi connectivity index (χ1v) is 7.71. The van der Waals surface area contributed by atoms with Crippen LogP contribution in [0.1, 0.15) is 21.7 Å². The Bertz CT molecular complexity index is 1090. The van der Waals surface area contributed by atoms with Crippen molar-refractivity contribution in [2.75, 3.05) is 5.32 Å². The maximum atomic E-state index is 12.5. The van der Waals surface area contributed by atoms with Gasteiger partial charge in [0, 0.05) is 40.9 Å². The molecular weight excluding hydrogens is 302 g/mol. The number of nitrogens with one attached hydrogen (secondary N) is 2. The zero-order chi connectivity index (χ0) is 16.8. The van der Waals surface area contributed by atoms with Gasteiger partial charge in [-0.2, -0.15) is 5.10 Å². The lowest BCUT2D eigenvalue weighted by molar-refractivity contribution is 0.102. The normalized spacial score (nSPS) is 11.3. The van der Waals surface area contributed by atoms with E-state index in [4.69, 9.17) is 0 Å². The van der Waals surface area contributed by atoms with E-state index in [9.17, 15) is 4.79 Å². The fourth-order valence-corrected chi connectivity index (χ4v) is 2.99. The number of carbonyl (C=O) groups excluding carboxylic acids is 1. The standard InChI is InChI=1S/C18H17N5O/c1-10-6-12-7-14(4-5-16(12)20-10)21-18(24)13-8-15-11(2)22-23(3)17(15)19-9-13/h4-9,20H,1-3H3,(H,21,24). The van der Waals surface area contributed by atoms with Crippen LogP contribution in [0.2, 0.25) is 0 Å². The van der Waals surface area contributed by atoms with Gasteiger partial charge in [-0.05, 0) is 44.2 Å². The summed E-state index contributed by atoms with van der Waals surface area (Å²) in [4.78, 5) is 20.2. The molecule has 6 nitrogen and oxygen atoms in total. The second kappa shape index (κ2) is 5.19. The Hall–Kier alpha value is -3.15. The van der Waals surface area contributed by atoms with Crippen LogP contribution in [-0.4, -0.2) is 25.7 Å². The largest absolute Gasteiger partial charge is 0.359 e. The molecule has 0 aliphatic rings. The number of H-pyrrole nitrogens is 1. The van der Waals surface area contributed by atoms with E-state index in [1.54, 1.807) is 10.9 Å². The van der Waals surface area contributed by atoms with Crippen LogP contribution in [-0.2, 0) is 7.05 Å². The van der Waals surface area contributed by atoms with Crippen LogP contribution in [0.25, 0.3) is 21.9 Å². The van der Waals surface area contributed by atoms with Gasteiger partial charge in [0.2, 0.25) is 0 Å². The molecule has 4 aromatic rings. The highest BCUT2D eigenvalue weighted by molar-refractivity contribution is 6.06. The lowest BCUT2D eigenvalue weighted by Gasteiger charge is -2.05. The van der Waals surface area contributed by atoms with E-state index < -0.39 is 0 Å². The first-order chi connectivity index (χ1) is 11.5. The maximum absolute atomic E-state index is 12.5. The highest BCUT2D eigenvalue weighted by Crippen LogP contribution is 2.21. The lowest BCUT2D eigenvalue weighted by Crippen LogP contribution is -2.12. The summed E-state index contributed by atoms with van der Waals surface area (Å²) in [7, 11) is 1.84. The molecule has 0 atom stereocenters. The Balaban J connectivity index is 1.66. The van der Waals surface area contributed by atoms with Crippen LogP contribution in [0.4, 0.5) is 5.69 Å². The van der Waals surface area contributed by atoms with Gasteiger partial charge in [0.05, 0.1) is 11.3 Å². The smallest absolute Gasteiger partial charge is 0.257 e. The minimum Gasteiger partial charge on any atom is -0.359 e. The van der Waals surface area contributed by atoms with Crippen LogP contribution in [0.5, 0.6) is 0 Å². The van der Waals surface area contributed by atoms with E-state index >= 15 is 0 Å². The number of hydrogen-bond donors (Lipinski definition) is 2. The molecule has 0 fully saturated rings. The number of fused-ring (bicyclic) bond motifs is 2. The molecule has 0 saturated carbocycles. The molecule has 0 aliphatic carbocycles. The van der Waals surface area contributed by atoms with Crippen molar-refractivity contribution in [1.29, 1.82) is 0 Å². The van der Waals surface area contributed by atoms with Crippen LogP contribution in [0.15, 0.2) is 36.5 Å². The molecule has 4 rings (SSSR count). The van der Waals surface area contributed by atoms with Crippen LogP contribution in [0.3, 0.4) is 0 Å². The number of anilines is 1. The fraction of sp³-hybridized carbons (Fsp3) is 0.167. The van der Waals surface area contributed by atoms with Crippen molar-refractivity contribution in [2.24, 2.45) is 7.05 Å². The Morgan fingerprint density at radius 2 is 2.04 bits per heavy atom. The van der Waals surface area contributed by atoms with Gasteiger partial charge in [-0.1, -0.05) is 0 Å². The second-order valence-electron chi connectivity index (χ2n) is 6.01. The molecular formula is C18H17N5O. The SMILES string of the molecule is Cc1cc2cc(NC(=O)c3cnc4c(c3)c(C)nn4C)ccc2[nH]1. The zero-order valence-corrected chi connectivity index (χ0v) is 13.7. The third kappa shape index (κ3) is 2.32. The van der Waals surface area contributed by atoms with Gasteiger partial charge in [0.1, 0.15) is 0 Å². The average Bonchev–Trinajstić information content (AvgIpc) is 3.06. The summed E-state index contributed by atoms with van der Waals surface area (Å²) in [5.41, 5.74) is 5.06. The van der Waals surface area contributed by atoms with Gasteiger partial charge in [-0.25, -0.2) is 4.98 Å². The number of amides is 1. The number of benzene rings is 1. The number of aromatic nitrogens is 4. The van der Waals surface area contributed by atoms with Gasteiger partial charge in [0.15, 0.2) is 5.65 Å². The lowest BCUT2D eigenvalue weighted by atomic mass is 10.2. The zero-order valence-electron chi connectivity index (χ0n) is 13.7. The van der Waals surface area contributed by atoms with Gasteiger partial charge in [0.25, 0.3) is 5.91 Å². The van der Waals surface area contributed by atoms with Crippen molar-refractivity contribution in [3.05, 3.63) is 53.5 Å². The van der Waals surface area contributed by atoms with E-state index in [2.05, 4.69) is 26.4 Å². The monoisotopic (exact) mass is 319 g/mol. The molecule has 0 radical (unpaired) electrons. The summed E-state index contributed by atoms with van der Waals surface area (Å²) in [5, 5.41) is 9.22. The van der Waals surface area contributed by atoms with Crippen LogP contribution >= 0.6 is 0 Å². The van der Waals surface area contributed by atoms with Crippen molar-refractivity contribution in [3.63, 3.8) is 0 Å². The third-order valence-corrected chi connectivity index (χ3v) is 4.14. The predicted molar refractivity (Wildman–Crippen MR) is 94.2 cm³/mol. The molecule has 1 aromatic carbocycles. The fourth-order valence-electron chi connectivity index (χ4n) is 2.99. The summed E-state index contributed by atoms with van der Waals surface area (Å²) in [5.74, 6) is -0.181. The summed E-state index contributed by atoms with van der Waals surface area (Å²) < 4.78 is 1.72. The molecule has 0 aliphatic heterocycles. The van der Waals surface area contributed by atoms with E-state index in [1.807, 2.05) is 45.2 Å². The molecule has 1 amide bonds. The van der Waals surface area contributed by atoms with Crippen molar-refractivity contribution >= 4 is 33.5 Å². The first-order valence-electron chi connectivity index (χ1n) is 7.71. The number of rotatable bonds is 2. The Kier molecular flexibility index (Phi) is 3.13. The Labute approximate surface area is 138 Å². The van der Waals surface area contributed by atoms with Crippen molar-refractivity contribution in [2.45, 2.75) is 13.8 Å².